The third-order valence-electron chi connectivity index (χ3n) is 4.76. The molecule has 0 fully saturated rings. The van der Waals surface area contributed by atoms with Gasteiger partial charge in [-0.25, -0.2) is 4.98 Å². The molecule has 0 saturated heterocycles. The summed E-state index contributed by atoms with van der Waals surface area (Å²) in [7, 11) is 0. The van der Waals surface area contributed by atoms with Crippen LogP contribution in [0.15, 0.2) is 60.3 Å². The number of thioether (sulfide) groups is 1. The van der Waals surface area contributed by atoms with Crippen molar-refractivity contribution in [3.8, 4) is 5.69 Å². The molecule has 0 bridgehead atoms. The second-order valence-electron chi connectivity index (χ2n) is 7.45. The Morgan fingerprint density at radius 1 is 1.16 bits per heavy atom. The van der Waals surface area contributed by atoms with Crippen LogP contribution in [0.25, 0.3) is 5.69 Å². The standard InChI is InChI=1S/C24H28N4O3S/c1-4-31-23(30)7-10-27(16-20-6-5-8-25-15-20)22(29)17-32-24-26-9-11-28(24)21-13-18(2)12-19(3)14-21/h5-6,8-9,11-15H,4,7,10,16-17H2,1-3H3. The van der Waals surface area contributed by atoms with E-state index in [4.69, 9.17) is 4.74 Å². The minimum Gasteiger partial charge on any atom is -0.466 e. The van der Waals surface area contributed by atoms with Crippen molar-refractivity contribution in [2.75, 3.05) is 18.9 Å². The molecule has 1 aromatic carbocycles. The Balaban J connectivity index is 1.69. The molecule has 0 radical (unpaired) electrons. The average molecular weight is 453 g/mol. The van der Waals surface area contributed by atoms with E-state index in [1.165, 1.54) is 22.9 Å². The highest BCUT2D eigenvalue weighted by molar-refractivity contribution is 7.99. The number of hydrogen-bond acceptors (Lipinski definition) is 6. The van der Waals surface area contributed by atoms with Gasteiger partial charge in [-0.15, -0.1) is 0 Å². The molecule has 168 valence electrons. The lowest BCUT2D eigenvalue weighted by atomic mass is 10.1. The van der Waals surface area contributed by atoms with E-state index in [1.54, 1.807) is 30.4 Å². The molecule has 2 heterocycles. The number of amides is 1. The molecule has 2 aromatic heterocycles. The molecule has 0 aliphatic rings. The van der Waals surface area contributed by atoms with Crippen molar-refractivity contribution in [1.29, 1.82) is 0 Å². The molecule has 32 heavy (non-hydrogen) atoms. The first-order valence-corrected chi connectivity index (χ1v) is 11.5. The number of carbonyl (C=O) groups excluding carboxylic acids is 2. The van der Waals surface area contributed by atoms with Gasteiger partial charge in [0.15, 0.2) is 5.16 Å². The highest BCUT2D eigenvalue weighted by Crippen LogP contribution is 2.23. The summed E-state index contributed by atoms with van der Waals surface area (Å²) in [6, 6.07) is 10.1. The van der Waals surface area contributed by atoms with Crippen molar-refractivity contribution in [3.63, 3.8) is 0 Å². The van der Waals surface area contributed by atoms with E-state index in [9.17, 15) is 9.59 Å². The summed E-state index contributed by atoms with van der Waals surface area (Å²) in [5, 5.41) is 0.745. The van der Waals surface area contributed by atoms with E-state index in [2.05, 4.69) is 42.0 Å². The van der Waals surface area contributed by atoms with Crippen molar-refractivity contribution >= 4 is 23.6 Å². The number of nitrogens with zero attached hydrogens (tertiary/aromatic N) is 4. The zero-order chi connectivity index (χ0) is 22.9. The lowest BCUT2D eigenvalue weighted by Gasteiger charge is -2.22. The van der Waals surface area contributed by atoms with Crippen molar-refractivity contribution in [3.05, 3.63) is 71.8 Å². The summed E-state index contributed by atoms with van der Waals surface area (Å²) in [6.45, 7) is 6.89. The van der Waals surface area contributed by atoms with E-state index in [1.807, 2.05) is 22.9 Å². The number of aromatic nitrogens is 3. The van der Waals surface area contributed by atoms with Crippen LogP contribution in [-0.2, 0) is 20.9 Å². The normalized spacial score (nSPS) is 10.7. The van der Waals surface area contributed by atoms with Crippen LogP contribution in [0.4, 0.5) is 0 Å². The molecule has 0 saturated carbocycles. The van der Waals surface area contributed by atoms with E-state index in [0.29, 0.717) is 19.7 Å². The van der Waals surface area contributed by atoms with Crippen LogP contribution < -0.4 is 0 Å². The Bertz CT molecular complexity index is 1030. The summed E-state index contributed by atoms with van der Waals surface area (Å²) in [5.41, 5.74) is 4.26. The maximum absolute atomic E-state index is 13.1. The van der Waals surface area contributed by atoms with Crippen LogP contribution in [0.5, 0.6) is 0 Å². The molecular formula is C24H28N4O3S. The van der Waals surface area contributed by atoms with Crippen molar-refractivity contribution in [1.82, 2.24) is 19.4 Å². The summed E-state index contributed by atoms with van der Waals surface area (Å²) in [6.07, 6.45) is 7.21. The highest BCUT2D eigenvalue weighted by atomic mass is 32.2. The topological polar surface area (TPSA) is 77.3 Å². The Morgan fingerprint density at radius 2 is 1.94 bits per heavy atom. The first-order valence-electron chi connectivity index (χ1n) is 10.5. The van der Waals surface area contributed by atoms with Gasteiger partial charge in [0.1, 0.15) is 0 Å². The van der Waals surface area contributed by atoms with Crippen molar-refractivity contribution in [2.24, 2.45) is 0 Å². The van der Waals surface area contributed by atoms with E-state index >= 15 is 0 Å². The number of rotatable bonds is 10. The van der Waals surface area contributed by atoms with Gasteiger partial charge in [0, 0.05) is 43.6 Å². The Kier molecular flexibility index (Phi) is 8.44. The molecule has 3 aromatic rings. The first kappa shape index (κ1) is 23.5. The predicted molar refractivity (Wildman–Crippen MR) is 125 cm³/mol. The fourth-order valence-electron chi connectivity index (χ4n) is 3.36. The summed E-state index contributed by atoms with van der Waals surface area (Å²) in [5.74, 6) is -0.169. The van der Waals surface area contributed by atoms with Gasteiger partial charge in [0.05, 0.1) is 18.8 Å². The summed E-state index contributed by atoms with van der Waals surface area (Å²) < 4.78 is 7.01. The third-order valence-corrected chi connectivity index (χ3v) is 5.71. The zero-order valence-corrected chi connectivity index (χ0v) is 19.5. The predicted octanol–water partition coefficient (Wildman–Crippen LogP) is 3.96. The molecular weight excluding hydrogens is 424 g/mol. The van der Waals surface area contributed by atoms with Gasteiger partial charge in [-0.05, 0) is 55.7 Å². The van der Waals surface area contributed by atoms with Gasteiger partial charge in [0.2, 0.25) is 5.91 Å². The molecule has 1 amide bonds. The van der Waals surface area contributed by atoms with Gasteiger partial charge < -0.3 is 9.64 Å². The molecule has 7 nitrogen and oxygen atoms in total. The first-order chi connectivity index (χ1) is 15.5. The molecule has 8 heteroatoms. The monoisotopic (exact) mass is 452 g/mol. The Hall–Kier alpha value is -3.13. The van der Waals surface area contributed by atoms with Crippen LogP contribution in [-0.4, -0.2) is 50.2 Å². The van der Waals surface area contributed by atoms with Crippen molar-refractivity contribution in [2.45, 2.75) is 38.9 Å². The van der Waals surface area contributed by atoms with Crippen molar-refractivity contribution < 1.29 is 14.3 Å². The summed E-state index contributed by atoms with van der Waals surface area (Å²) >= 11 is 1.38. The molecule has 0 aliphatic carbocycles. The van der Waals surface area contributed by atoms with Crippen LogP contribution >= 0.6 is 11.8 Å². The highest BCUT2D eigenvalue weighted by Gasteiger charge is 2.18. The maximum Gasteiger partial charge on any atom is 0.307 e. The van der Waals surface area contributed by atoms with Gasteiger partial charge in [0.25, 0.3) is 0 Å². The zero-order valence-electron chi connectivity index (χ0n) is 18.7. The van der Waals surface area contributed by atoms with Crippen LogP contribution in [0, 0.1) is 13.8 Å². The van der Waals surface area contributed by atoms with E-state index in [0.717, 1.165) is 16.4 Å². The Labute approximate surface area is 192 Å². The number of ether oxygens (including phenoxy) is 1. The number of hydrogen-bond donors (Lipinski definition) is 0. The quantitative estimate of drug-likeness (QED) is 0.342. The molecule has 0 N–H and O–H groups in total. The van der Waals surface area contributed by atoms with E-state index in [-0.39, 0.29) is 24.1 Å². The molecule has 0 spiro atoms. The second kappa shape index (κ2) is 11.5. The summed E-state index contributed by atoms with van der Waals surface area (Å²) in [4.78, 5) is 35.1. The number of pyridine rings is 1. The smallest absolute Gasteiger partial charge is 0.307 e. The van der Waals surface area contributed by atoms with Crippen LogP contribution in [0.3, 0.4) is 0 Å². The van der Waals surface area contributed by atoms with Gasteiger partial charge in [-0.3, -0.25) is 19.1 Å². The number of esters is 1. The van der Waals surface area contributed by atoms with Crippen LogP contribution in [0.1, 0.15) is 30.0 Å². The fraction of sp³-hybridized carbons (Fsp3) is 0.333. The lowest BCUT2D eigenvalue weighted by molar-refractivity contribution is -0.144. The minimum atomic E-state index is -0.311. The van der Waals surface area contributed by atoms with Gasteiger partial charge in [-0.1, -0.05) is 23.9 Å². The average Bonchev–Trinajstić information content (AvgIpc) is 3.24. The second-order valence-corrected chi connectivity index (χ2v) is 8.39. The Morgan fingerprint density at radius 3 is 2.62 bits per heavy atom. The minimum absolute atomic E-state index is 0.0712. The molecule has 0 unspecified atom stereocenters. The SMILES string of the molecule is CCOC(=O)CCN(Cc1cccnc1)C(=O)CSc1nccn1-c1cc(C)cc(C)c1. The van der Waals surface area contributed by atoms with Gasteiger partial charge >= 0.3 is 5.97 Å². The third kappa shape index (κ3) is 6.68. The van der Waals surface area contributed by atoms with E-state index < -0.39 is 0 Å². The molecule has 0 aliphatic heterocycles. The fourth-order valence-corrected chi connectivity index (χ4v) is 4.24. The number of benzene rings is 1. The van der Waals surface area contributed by atoms with Crippen LogP contribution in [0.2, 0.25) is 0 Å². The molecule has 0 atom stereocenters. The molecule has 3 rings (SSSR count). The number of carbonyl (C=O) groups is 2. The number of aryl methyl sites for hydroxylation is 2. The maximum atomic E-state index is 13.1. The van der Waals surface area contributed by atoms with Gasteiger partial charge in [-0.2, -0.15) is 0 Å². The lowest BCUT2D eigenvalue weighted by Crippen LogP contribution is -2.34. The number of imidazole rings is 1. The largest absolute Gasteiger partial charge is 0.466 e.